The van der Waals surface area contributed by atoms with Gasteiger partial charge in [0.2, 0.25) is 0 Å². The molecular formula is C13H15FN4O. The standard InChI is InChI=1S/C13H15FN4O/c1-8(2)17-12(13(16)18-19)7-11(15)9-3-5-10(14)6-4-9/h3-7,19H,1,15H2,2H3,(H2,16,18)/b11-7-,17-12?. The molecular weight excluding hydrogens is 247 g/mol. The number of nitrogens with two attached hydrogens (primary N) is 2. The third-order valence-corrected chi connectivity index (χ3v) is 2.15. The Kier molecular flexibility index (Phi) is 4.82. The van der Waals surface area contributed by atoms with Crippen molar-refractivity contribution < 1.29 is 9.60 Å². The van der Waals surface area contributed by atoms with E-state index in [4.69, 9.17) is 16.7 Å². The van der Waals surface area contributed by atoms with E-state index in [9.17, 15) is 4.39 Å². The van der Waals surface area contributed by atoms with Gasteiger partial charge < -0.3 is 16.7 Å². The van der Waals surface area contributed by atoms with Crippen LogP contribution in [0.1, 0.15) is 12.5 Å². The molecule has 19 heavy (non-hydrogen) atoms. The number of allylic oxidation sites excluding steroid dienone is 1. The maximum absolute atomic E-state index is 12.8. The Hall–Kier alpha value is -2.63. The molecule has 1 aromatic carbocycles. The minimum Gasteiger partial charge on any atom is -0.409 e. The van der Waals surface area contributed by atoms with Gasteiger partial charge in [-0.05, 0) is 30.7 Å². The van der Waals surface area contributed by atoms with Crippen molar-refractivity contribution in [3.05, 3.63) is 54.0 Å². The van der Waals surface area contributed by atoms with Crippen molar-refractivity contribution >= 4 is 17.2 Å². The molecule has 0 aliphatic rings. The summed E-state index contributed by atoms with van der Waals surface area (Å²) in [5.74, 6) is -0.545. The van der Waals surface area contributed by atoms with Gasteiger partial charge in [-0.2, -0.15) is 0 Å². The van der Waals surface area contributed by atoms with Crippen LogP contribution >= 0.6 is 0 Å². The fourth-order valence-corrected chi connectivity index (χ4v) is 1.29. The van der Waals surface area contributed by atoms with Crippen LogP contribution in [0.4, 0.5) is 4.39 Å². The topological polar surface area (TPSA) is 97.0 Å². The van der Waals surface area contributed by atoms with Gasteiger partial charge in [0.25, 0.3) is 0 Å². The van der Waals surface area contributed by atoms with Crippen molar-refractivity contribution in [2.24, 2.45) is 21.6 Å². The molecule has 0 saturated heterocycles. The first-order chi connectivity index (χ1) is 8.93. The summed E-state index contributed by atoms with van der Waals surface area (Å²) in [6, 6.07) is 5.61. The van der Waals surface area contributed by atoms with Crippen LogP contribution < -0.4 is 11.5 Å². The van der Waals surface area contributed by atoms with Crippen molar-refractivity contribution in [2.75, 3.05) is 0 Å². The maximum atomic E-state index is 12.8. The van der Waals surface area contributed by atoms with Crippen LogP contribution in [-0.4, -0.2) is 16.8 Å². The Morgan fingerprint density at radius 2 is 1.89 bits per heavy atom. The number of amidine groups is 1. The third kappa shape index (κ3) is 4.27. The third-order valence-electron chi connectivity index (χ3n) is 2.15. The lowest BCUT2D eigenvalue weighted by atomic mass is 10.1. The first kappa shape index (κ1) is 14.4. The summed E-state index contributed by atoms with van der Waals surface area (Å²) in [6.45, 7) is 5.26. The summed E-state index contributed by atoms with van der Waals surface area (Å²) in [5, 5.41) is 11.5. The highest BCUT2D eigenvalue weighted by molar-refractivity contribution is 6.46. The molecule has 5 nitrogen and oxygen atoms in total. The van der Waals surface area contributed by atoms with Crippen molar-refractivity contribution in [1.29, 1.82) is 0 Å². The zero-order valence-electron chi connectivity index (χ0n) is 10.5. The highest BCUT2D eigenvalue weighted by Crippen LogP contribution is 2.10. The van der Waals surface area contributed by atoms with Crippen molar-refractivity contribution in [1.82, 2.24) is 0 Å². The van der Waals surface area contributed by atoms with E-state index in [2.05, 4.69) is 16.7 Å². The maximum Gasteiger partial charge on any atom is 0.188 e. The molecule has 0 heterocycles. The summed E-state index contributed by atoms with van der Waals surface area (Å²) in [7, 11) is 0. The Bertz CT molecular complexity index is 559. The Morgan fingerprint density at radius 3 is 2.37 bits per heavy atom. The molecule has 0 atom stereocenters. The van der Waals surface area contributed by atoms with Gasteiger partial charge in [0.1, 0.15) is 11.5 Å². The lowest BCUT2D eigenvalue weighted by Gasteiger charge is -2.04. The molecule has 6 heteroatoms. The second-order valence-electron chi connectivity index (χ2n) is 3.82. The van der Waals surface area contributed by atoms with E-state index in [0.717, 1.165) is 0 Å². The Morgan fingerprint density at radius 1 is 1.32 bits per heavy atom. The van der Waals surface area contributed by atoms with Gasteiger partial charge in [0.15, 0.2) is 5.84 Å². The van der Waals surface area contributed by atoms with E-state index >= 15 is 0 Å². The molecule has 0 aliphatic carbocycles. The van der Waals surface area contributed by atoms with Crippen LogP contribution in [0.3, 0.4) is 0 Å². The molecule has 1 aromatic rings. The summed E-state index contributed by atoms with van der Waals surface area (Å²) >= 11 is 0. The van der Waals surface area contributed by atoms with E-state index < -0.39 is 0 Å². The van der Waals surface area contributed by atoms with Gasteiger partial charge in [0.05, 0.1) is 0 Å². The van der Waals surface area contributed by atoms with Crippen LogP contribution in [-0.2, 0) is 0 Å². The van der Waals surface area contributed by atoms with Gasteiger partial charge >= 0.3 is 0 Å². The number of aliphatic imine (C=N–C) groups is 1. The summed E-state index contributed by atoms with van der Waals surface area (Å²) in [6.07, 6.45) is 1.43. The molecule has 0 radical (unpaired) electrons. The molecule has 0 spiro atoms. The van der Waals surface area contributed by atoms with E-state index in [-0.39, 0.29) is 17.4 Å². The van der Waals surface area contributed by atoms with Gasteiger partial charge in [-0.3, -0.25) is 4.99 Å². The van der Waals surface area contributed by atoms with Crippen LogP contribution in [0.25, 0.3) is 5.70 Å². The first-order valence-corrected chi connectivity index (χ1v) is 5.39. The highest BCUT2D eigenvalue weighted by atomic mass is 19.1. The number of halogens is 1. The second-order valence-corrected chi connectivity index (χ2v) is 3.82. The quantitative estimate of drug-likeness (QED) is 0.334. The molecule has 0 bridgehead atoms. The number of hydrogen-bond donors (Lipinski definition) is 3. The van der Waals surface area contributed by atoms with Gasteiger partial charge in [-0.25, -0.2) is 4.39 Å². The molecule has 0 saturated carbocycles. The fourth-order valence-electron chi connectivity index (χ4n) is 1.29. The minimum absolute atomic E-state index is 0.178. The molecule has 100 valence electrons. The van der Waals surface area contributed by atoms with E-state index in [0.29, 0.717) is 17.0 Å². The smallest absolute Gasteiger partial charge is 0.188 e. The Balaban J connectivity index is 3.16. The van der Waals surface area contributed by atoms with Crippen molar-refractivity contribution in [3.8, 4) is 0 Å². The molecule has 5 N–H and O–H groups in total. The van der Waals surface area contributed by atoms with Crippen LogP contribution in [0.15, 0.2) is 52.8 Å². The molecule has 0 fully saturated rings. The van der Waals surface area contributed by atoms with Crippen LogP contribution in [0.2, 0.25) is 0 Å². The number of nitrogens with zero attached hydrogens (tertiary/aromatic N) is 2. The summed E-state index contributed by atoms with van der Waals surface area (Å²) < 4.78 is 12.8. The normalized spacial score (nSPS) is 13.5. The van der Waals surface area contributed by atoms with Crippen LogP contribution in [0, 0.1) is 5.82 Å². The molecule has 0 unspecified atom stereocenters. The second kappa shape index (κ2) is 6.34. The lowest BCUT2D eigenvalue weighted by Crippen LogP contribution is -2.23. The van der Waals surface area contributed by atoms with Crippen molar-refractivity contribution in [3.63, 3.8) is 0 Å². The summed E-state index contributed by atoms with van der Waals surface area (Å²) in [4.78, 5) is 4.01. The van der Waals surface area contributed by atoms with E-state index in [1.165, 1.54) is 30.3 Å². The zero-order chi connectivity index (χ0) is 14.4. The van der Waals surface area contributed by atoms with E-state index in [1.807, 2.05) is 0 Å². The molecule has 1 rings (SSSR count). The van der Waals surface area contributed by atoms with E-state index in [1.54, 1.807) is 6.92 Å². The minimum atomic E-state index is -0.358. The number of benzene rings is 1. The zero-order valence-corrected chi connectivity index (χ0v) is 10.5. The average molecular weight is 262 g/mol. The predicted octanol–water partition coefficient (Wildman–Crippen LogP) is 1.85. The van der Waals surface area contributed by atoms with Crippen molar-refractivity contribution in [2.45, 2.75) is 6.92 Å². The van der Waals surface area contributed by atoms with Gasteiger partial charge in [-0.15, -0.1) is 0 Å². The van der Waals surface area contributed by atoms with Crippen LogP contribution in [0.5, 0.6) is 0 Å². The summed E-state index contributed by atoms with van der Waals surface area (Å²) in [5.41, 5.74) is 12.9. The number of hydrogen-bond acceptors (Lipinski definition) is 4. The monoisotopic (exact) mass is 262 g/mol. The van der Waals surface area contributed by atoms with Gasteiger partial charge in [0, 0.05) is 11.4 Å². The SMILES string of the molecule is C=C(C)N=C(/C=C(\N)c1ccc(F)cc1)/C(N)=N/O. The lowest BCUT2D eigenvalue weighted by molar-refractivity contribution is 0.319. The predicted molar refractivity (Wildman–Crippen MR) is 74.2 cm³/mol. The van der Waals surface area contributed by atoms with Gasteiger partial charge in [-0.1, -0.05) is 23.9 Å². The fraction of sp³-hybridized carbons (Fsp3) is 0.0769. The largest absolute Gasteiger partial charge is 0.409 e. The number of rotatable bonds is 4. The molecule has 0 aromatic heterocycles. The molecule has 0 amide bonds. The Labute approximate surface area is 110 Å². The first-order valence-electron chi connectivity index (χ1n) is 5.39. The average Bonchev–Trinajstić information content (AvgIpc) is 2.37. The number of oxime groups is 1. The molecule has 0 aliphatic heterocycles. The highest BCUT2D eigenvalue weighted by Gasteiger charge is 2.05.